The molecule has 6 heteroatoms. The van der Waals surface area contributed by atoms with Crippen molar-refractivity contribution in [1.29, 1.82) is 0 Å². The molecule has 2 aliphatic heterocycles. The van der Waals surface area contributed by atoms with E-state index in [1.54, 1.807) is 9.13 Å². The summed E-state index contributed by atoms with van der Waals surface area (Å²) in [7, 11) is 0. The van der Waals surface area contributed by atoms with Gasteiger partial charge in [-0.15, -0.1) is 0 Å². The summed E-state index contributed by atoms with van der Waals surface area (Å²) in [5.41, 5.74) is 17.0. The Morgan fingerprint density at radius 2 is 0.663 bits per heavy atom. The SMILES string of the molecule is [2H]c1c([2H])c([2H])c2c(c1[2H])c1c([2H])c([2H])c(C(C)(C)C)c([2H])c1n2-c1ccc2c(c1)N(c1c(-c3ccccc3)cccc1-c1ccccc1)c1c3c(c4c5ccccc5n5c6ccccc6c1c45)N(c1c(-c4ccccc4)cccc1-c1ccccc1)c1cc(-n4c5c([2H])c([2H])c([2H])c([2H])c5c5c([2H])c([2H])c(C(C)(C)C)c([2H])c54)ccc1B23. The molecular formula is C98H72BN5. The molecule has 0 saturated carbocycles. The molecule has 5 nitrogen and oxygen atoms in total. The number of para-hydroxylation sites is 6. The first-order chi connectivity index (χ1) is 56.8. The van der Waals surface area contributed by atoms with Crippen molar-refractivity contribution in [3.05, 3.63) is 338 Å². The van der Waals surface area contributed by atoms with Crippen LogP contribution >= 0.6 is 0 Å². The summed E-state index contributed by atoms with van der Waals surface area (Å²) >= 11 is 0. The lowest BCUT2D eigenvalue weighted by atomic mass is 9.33. The average Bonchev–Trinajstić information content (AvgIpc) is 1.43. The van der Waals surface area contributed by atoms with Crippen molar-refractivity contribution in [2.45, 2.75) is 52.4 Å². The molecule has 15 aromatic carbocycles. The molecule has 2 aliphatic rings. The highest BCUT2D eigenvalue weighted by molar-refractivity contribution is 7.01. The first-order valence-electron chi connectivity index (χ1n) is 42.5. The summed E-state index contributed by atoms with van der Waals surface area (Å²) in [6.45, 7) is 10.6. The molecule has 19 aromatic rings. The van der Waals surface area contributed by atoms with Crippen LogP contribution in [0.4, 0.5) is 34.1 Å². The predicted molar refractivity (Wildman–Crippen MR) is 443 cm³/mol. The van der Waals surface area contributed by atoms with E-state index in [9.17, 15) is 19.2 Å². The van der Waals surface area contributed by atoms with E-state index in [1.807, 2.05) is 126 Å². The molecule has 0 radical (unpaired) electrons. The largest absolute Gasteiger partial charge is 0.309 e. The lowest BCUT2D eigenvalue weighted by molar-refractivity contribution is 0.590. The molecule has 0 fully saturated rings. The van der Waals surface area contributed by atoms with E-state index in [0.717, 1.165) is 122 Å². The molecule has 0 amide bonds. The van der Waals surface area contributed by atoms with Crippen LogP contribution in [0.15, 0.2) is 327 Å². The summed E-state index contributed by atoms with van der Waals surface area (Å²) in [6, 6.07) is 79.1. The third-order valence-corrected chi connectivity index (χ3v) is 21.6. The Morgan fingerprint density at radius 3 is 1.05 bits per heavy atom. The Morgan fingerprint density at radius 1 is 0.308 bits per heavy atom. The lowest BCUT2D eigenvalue weighted by Gasteiger charge is -2.46. The van der Waals surface area contributed by atoms with E-state index in [4.69, 9.17) is 0 Å². The van der Waals surface area contributed by atoms with Gasteiger partial charge in [0, 0.05) is 88.1 Å². The average molecular weight is 1340 g/mol. The molecule has 4 aromatic heterocycles. The zero-order chi connectivity index (χ0) is 81.6. The van der Waals surface area contributed by atoms with Crippen LogP contribution in [-0.2, 0) is 10.8 Å². The predicted octanol–water partition coefficient (Wildman–Crippen LogP) is 24.4. The van der Waals surface area contributed by atoms with Crippen molar-refractivity contribution in [3.63, 3.8) is 0 Å². The molecule has 0 spiro atoms. The van der Waals surface area contributed by atoms with Gasteiger partial charge in [-0.2, -0.15) is 0 Å². The van der Waals surface area contributed by atoms with Crippen LogP contribution in [0.5, 0.6) is 0 Å². The van der Waals surface area contributed by atoms with Gasteiger partial charge in [-0.1, -0.05) is 308 Å². The fraction of sp³-hybridized carbons (Fsp3) is 0.0816. The molecule has 0 N–H and O–H groups in total. The van der Waals surface area contributed by atoms with Crippen molar-refractivity contribution in [2.75, 3.05) is 9.80 Å². The molecule has 0 bridgehead atoms. The van der Waals surface area contributed by atoms with Crippen LogP contribution in [0.1, 0.15) is 71.9 Å². The fourth-order valence-electron chi connectivity index (χ4n) is 17.0. The number of hydrogen-bond donors (Lipinski definition) is 0. The minimum absolute atomic E-state index is 0.0200. The van der Waals surface area contributed by atoms with Gasteiger partial charge in [0.15, 0.2) is 0 Å². The number of benzene rings is 15. The minimum atomic E-state index is -0.865. The van der Waals surface area contributed by atoms with Crippen molar-refractivity contribution in [2.24, 2.45) is 0 Å². The number of aromatic nitrogens is 3. The molecule has 6 heterocycles. The number of hydrogen-bond acceptors (Lipinski definition) is 2. The molecular weight excluding hydrogens is 1260 g/mol. The third-order valence-electron chi connectivity index (χ3n) is 21.6. The number of anilines is 6. The molecule has 104 heavy (non-hydrogen) atoms. The van der Waals surface area contributed by atoms with Gasteiger partial charge in [0.2, 0.25) is 0 Å². The van der Waals surface area contributed by atoms with E-state index in [-0.39, 0.29) is 103 Å². The standard InChI is InChI=1S/C98H72BN5/c1-97(2,3)65-49-53-75-73-37-19-23-45-81(73)100(85(75)57-65)67-51-55-79-87(59-67)103(92-69(61-29-11-7-12-30-61)41-27-42-70(92)62-31-13-8-14-32-62)95-89-77-39-21-25-47-83(77)102-84-48-26-22-40-78(84)90(94(89)102)96-91(95)99(79)80-56-52-68(101-82-46-24-20-38-74(82)76-54-50-66(58-86(76)101)98(4,5)6)60-88(80)104(96)93-71(63-33-15-9-16-34-63)43-28-44-72(93)64-35-17-10-18-36-64/h7-60H,1-6H3/i19D,20D,23D,24D,37D,38D,45D,46D,49D,50D,53D,54D,57D,58D. The van der Waals surface area contributed by atoms with E-state index in [1.165, 1.54) is 0 Å². The maximum absolute atomic E-state index is 10.5. The summed E-state index contributed by atoms with van der Waals surface area (Å²) in [4.78, 5) is 4.87. The highest BCUT2D eigenvalue weighted by Crippen LogP contribution is 2.59. The normalized spacial score (nSPS) is 14.9. The fourth-order valence-corrected chi connectivity index (χ4v) is 17.0. The topological polar surface area (TPSA) is 20.8 Å². The van der Waals surface area contributed by atoms with Crippen LogP contribution in [0.3, 0.4) is 0 Å². The quantitative estimate of drug-likeness (QED) is 0.141. The van der Waals surface area contributed by atoms with Crippen LogP contribution in [-0.4, -0.2) is 20.2 Å². The van der Waals surface area contributed by atoms with Gasteiger partial charge in [-0.3, -0.25) is 0 Å². The van der Waals surface area contributed by atoms with Crippen molar-refractivity contribution in [3.8, 4) is 55.9 Å². The second-order valence-corrected chi connectivity index (χ2v) is 29.6. The van der Waals surface area contributed by atoms with Crippen LogP contribution in [0, 0.1) is 0 Å². The first kappa shape index (κ1) is 47.5. The molecule has 0 saturated heterocycles. The van der Waals surface area contributed by atoms with Gasteiger partial charge < -0.3 is 23.3 Å². The number of rotatable bonds is 8. The van der Waals surface area contributed by atoms with Crippen LogP contribution < -0.4 is 26.2 Å². The second-order valence-electron chi connectivity index (χ2n) is 29.6. The van der Waals surface area contributed by atoms with E-state index in [0.29, 0.717) is 22.7 Å². The highest BCUT2D eigenvalue weighted by atomic mass is 15.2. The van der Waals surface area contributed by atoms with Crippen LogP contribution in [0.2, 0.25) is 0 Å². The summed E-state index contributed by atoms with van der Waals surface area (Å²) in [6.07, 6.45) is 0. The van der Waals surface area contributed by atoms with Crippen LogP contribution in [0.25, 0.3) is 138 Å². The van der Waals surface area contributed by atoms with E-state index >= 15 is 0 Å². The Bertz CT molecular complexity index is 7080. The van der Waals surface area contributed by atoms with Gasteiger partial charge in [-0.25, -0.2) is 0 Å². The zero-order valence-corrected chi connectivity index (χ0v) is 57.9. The maximum atomic E-state index is 10.5. The van der Waals surface area contributed by atoms with Gasteiger partial charge in [0.1, 0.15) is 0 Å². The molecule has 0 unspecified atom stereocenters. The number of fused-ring (bicyclic) bond motifs is 18. The van der Waals surface area contributed by atoms with Gasteiger partial charge in [-0.05, 0) is 121 Å². The summed E-state index contributed by atoms with van der Waals surface area (Å²) < 4.78 is 144. The molecule has 492 valence electrons. The minimum Gasteiger partial charge on any atom is -0.309 e. The molecule has 0 aliphatic carbocycles. The molecule has 21 rings (SSSR count). The zero-order valence-electron chi connectivity index (χ0n) is 71.9. The first-order valence-corrected chi connectivity index (χ1v) is 35.5. The lowest BCUT2D eigenvalue weighted by Crippen LogP contribution is -2.61. The monoisotopic (exact) mass is 1340 g/mol. The third kappa shape index (κ3) is 8.69. The Balaban J connectivity index is 1.02. The van der Waals surface area contributed by atoms with Gasteiger partial charge in [0.05, 0.1) is 80.6 Å². The second kappa shape index (κ2) is 22.4. The van der Waals surface area contributed by atoms with Crippen molar-refractivity contribution < 1.29 is 19.2 Å². The Hall–Kier alpha value is -12.6. The van der Waals surface area contributed by atoms with Gasteiger partial charge in [0.25, 0.3) is 6.71 Å². The van der Waals surface area contributed by atoms with E-state index in [2.05, 4.69) is 172 Å². The maximum Gasteiger partial charge on any atom is 0.252 e. The smallest absolute Gasteiger partial charge is 0.252 e. The summed E-state index contributed by atoms with van der Waals surface area (Å²) in [5.74, 6) is 0. The van der Waals surface area contributed by atoms with Crippen molar-refractivity contribution >= 4 is 139 Å². The highest BCUT2D eigenvalue weighted by Gasteiger charge is 2.48. The van der Waals surface area contributed by atoms with E-state index < -0.39 is 53.8 Å². The molecule has 0 atom stereocenters. The Labute approximate surface area is 625 Å². The number of nitrogens with zero attached hydrogens (tertiary/aromatic N) is 5. The van der Waals surface area contributed by atoms with Gasteiger partial charge >= 0.3 is 0 Å². The summed E-state index contributed by atoms with van der Waals surface area (Å²) in [5, 5.41) is 3.92. The van der Waals surface area contributed by atoms with Crippen molar-refractivity contribution in [1.82, 2.24) is 13.5 Å². The Kier molecular flexibility index (Phi) is 10.2.